The molecule has 2 aliphatic rings. The summed E-state index contributed by atoms with van der Waals surface area (Å²) >= 11 is 0. The van der Waals surface area contributed by atoms with Crippen LogP contribution in [-0.4, -0.2) is 24.5 Å². The highest BCUT2D eigenvalue weighted by Gasteiger charge is 2.24. The van der Waals surface area contributed by atoms with Gasteiger partial charge in [-0.2, -0.15) is 0 Å². The van der Waals surface area contributed by atoms with Gasteiger partial charge in [-0.25, -0.2) is 0 Å². The predicted molar refractivity (Wildman–Crippen MR) is 119 cm³/mol. The van der Waals surface area contributed by atoms with Gasteiger partial charge in [-0.1, -0.05) is 19.1 Å². The van der Waals surface area contributed by atoms with Gasteiger partial charge in [0.15, 0.2) is 6.10 Å². The Morgan fingerprint density at radius 3 is 2.60 bits per heavy atom. The van der Waals surface area contributed by atoms with E-state index >= 15 is 0 Å². The molecule has 1 atom stereocenters. The summed E-state index contributed by atoms with van der Waals surface area (Å²) in [7, 11) is 0. The van der Waals surface area contributed by atoms with Crippen LogP contribution in [0.2, 0.25) is 0 Å². The largest absolute Gasteiger partial charge is 0.481 e. The maximum atomic E-state index is 12.9. The maximum absolute atomic E-state index is 12.9. The third-order valence-electron chi connectivity index (χ3n) is 6.10. The van der Waals surface area contributed by atoms with Crippen LogP contribution in [0.1, 0.15) is 55.7 Å². The molecule has 4 rings (SSSR count). The molecule has 0 bridgehead atoms. The maximum Gasteiger partial charge on any atom is 0.265 e. The van der Waals surface area contributed by atoms with Crippen molar-refractivity contribution in [3.63, 3.8) is 0 Å². The number of nitrogens with zero attached hydrogens (tertiary/aromatic N) is 1. The van der Waals surface area contributed by atoms with E-state index in [4.69, 9.17) is 4.74 Å². The highest BCUT2D eigenvalue weighted by molar-refractivity contribution is 5.98. The summed E-state index contributed by atoms with van der Waals surface area (Å²) in [6.07, 6.45) is 6.14. The van der Waals surface area contributed by atoms with E-state index in [0.29, 0.717) is 18.5 Å². The van der Waals surface area contributed by atoms with Crippen LogP contribution in [-0.2, 0) is 22.4 Å². The summed E-state index contributed by atoms with van der Waals surface area (Å²) < 4.78 is 6.06. The molecule has 2 aromatic carbocycles. The van der Waals surface area contributed by atoms with Crippen molar-refractivity contribution in [3.8, 4) is 5.75 Å². The van der Waals surface area contributed by atoms with Gasteiger partial charge in [-0.3, -0.25) is 9.59 Å². The molecular formula is C25H30N2O3. The van der Waals surface area contributed by atoms with E-state index in [1.807, 2.05) is 43.0 Å². The normalized spacial score (nSPS) is 16.9. The number of carbonyl (C=O) groups is 2. The van der Waals surface area contributed by atoms with Crippen molar-refractivity contribution in [2.24, 2.45) is 0 Å². The fourth-order valence-corrected chi connectivity index (χ4v) is 4.37. The van der Waals surface area contributed by atoms with Crippen molar-refractivity contribution in [3.05, 3.63) is 53.1 Å². The summed E-state index contributed by atoms with van der Waals surface area (Å²) in [6.45, 7) is 4.67. The third kappa shape index (κ3) is 4.35. The summed E-state index contributed by atoms with van der Waals surface area (Å²) in [5.74, 6) is 0.728. The Morgan fingerprint density at radius 1 is 1.07 bits per heavy atom. The van der Waals surface area contributed by atoms with Crippen LogP contribution in [0.4, 0.5) is 11.4 Å². The molecule has 5 nitrogen and oxygen atoms in total. The second kappa shape index (κ2) is 8.90. The highest BCUT2D eigenvalue weighted by atomic mass is 16.5. The quantitative estimate of drug-likeness (QED) is 0.750. The smallest absolute Gasteiger partial charge is 0.265 e. The van der Waals surface area contributed by atoms with Gasteiger partial charge in [0.2, 0.25) is 5.91 Å². The number of benzene rings is 2. The number of fused-ring (bicyclic) bond motifs is 1. The molecule has 1 fully saturated rings. The van der Waals surface area contributed by atoms with E-state index in [2.05, 4.69) is 17.4 Å². The van der Waals surface area contributed by atoms with Crippen molar-refractivity contribution in [1.82, 2.24) is 0 Å². The number of amides is 2. The van der Waals surface area contributed by atoms with Gasteiger partial charge < -0.3 is 15.0 Å². The second-order valence-electron chi connectivity index (χ2n) is 8.29. The summed E-state index contributed by atoms with van der Waals surface area (Å²) in [5.41, 5.74) is 5.33. The zero-order chi connectivity index (χ0) is 21.1. The standard InChI is InChI=1S/C25H30N2O3/c1-3-23(30-21-13-11-18-7-4-5-8-19(18)15-21)25(29)26-20-12-10-17(2)22(16-20)27-14-6-9-24(27)28/h10-13,15-16,23H,3-9,14H2,1-2H3,(H,26,29). The fraction of sp³-hybridized carbons (Fsp3) is 0.440. The molecule has 0 spiro atoms. The van der Waals surface area contributed by atoms with Crippen LogP contribution in [0.3, 0.4) is 0 Å². The molecule has 0 aromatic heterocycles. The lowest BCUT2D eigenvalue weighted by Crippen LogP contribution is -2.32. The Kier molecular flexibility index (Phi) is 6.07. The minimum atomic E-state index is -0.565. The zero-order valence-electron chi connectivity index (χ0n) is 17.9. The van der Waals surface area contributed by atoms with Crippen LogP contribution < -0.4 is 15.0 Å². The van der Waals surface area contributed by atoms with Crippen molar-refractivity contribution in [2.75, 3.05) is 16.8 Å². The number of hydrogen-bond acceptors (Lipinski definition) is 3. The Hall–Kier alpha value is -2.82. The van der Waals surface area contributed by atoms with E-state index in [1.54, 1.807) is 0 Å². The first-order chi connectivity index (χ1) is 14.5. The van der Waals surface area contributed by atoms with Gasteiger partial charge >= 0.3 is 0 Å². The van der Waals surface area contributed by atoms with Crippen LogP contribution in [0.25, 0.3) is 0 Å². The monoisotopic (exact) mass is 406 g/mol. The summed E-state index contributed by atoms with van der Waals surface area (Å²) in [4.78, 5) is 26.9. The molecule has 0 saturated carbocycles. The first-order valence-corrected chi connectivity index (χ1v) is 11.1. The molecule has 158 valence electrons. The molecule has 1 aliphatic carbocycles. The van der Waals surface area contributed by atoms with E-state index in [0.717, 1.165) is 42.8 Å². The van der Waals surface area contributed by atoms with E-state index in [9.17, 15) is 9.59 Å². The van der Waals surface area contributed by atoms with Crippen molar-refractivity contribution < 1.29 is 14.3 Å². The average molecular weight is 407 g/mol. The molecular weight excluding hydrogens is 376 g/mol. The number of aryl methyl sites for hydroxylation is 3. The molecule has 30 heavy (non-hydrogen) atoms. The van der Waals surface area contributed by atoms with Gasteiger partial charge in [-0.15, -0.1) is 0 Å². The molecule has 1 saturated heterocycles. The SMILES string of the molecule is CCC(Oc1ccc2c(c1)CCCC2)C(=O)Nc1ccc(C)c(N2CCCC2=O)c1. The summed E-state index contributed by atoms with van der Waals surface area (Å²) in [6, 6.07) is 11.9. The number of ether oxygens (including phenoxy) is 1. The minimum absolute atomic E-state index is 0.142. The second-order valence-corrected chi connectivity index (χ2v) is 8.29. The van der Waals surface area contributed by atoms with Gasteiger partial charge in [0.1, 0.15) is 5.75 Å². The number of rotatable bonds is 6. The minimum Gasteiger partial charge on any atom is -0.481 e. The predicted octanol–water partition coefficient (Wildman–Crippen LogP) is 4.80. The first-order valence-electron chi connectivity index (χ1n) is 11.1. The molecule has 5 heteroatoms. The highest BCUT2D eigenvalue weighted by Crippen LogP contribution is 2.29. The third-order valence-corrected chi connectivity index (χ3v) is 6.10. The molecule has 1 N–H and O–H groups in total. The van der Waals surface area contributed by atoms with Gasteiger partial charge in [0.25, 0.3) is 5.91 Å². The van der Waals surface area contributed by atoms with Crippen molar-refractivity contribution in [2.45, 2.75) is 64.9 Å². The average Bonchev–Trinajstić information content (AvgIpc) is 3.18. The number of nitrogens with one attached hydrogen (secondary N) is 1. The van der Waals surface area contributed by atoms with Crippen LogP contribution >= 0.6 is 0 Å². The molecule has 1 heterocycles. The Balaban J connectivity index is 1.46. The van der Waals surface area contributed by atoms with Crippen molar-refractivity contribution >= 4 is 23.2 Å². The van der Waals surface area contributed by atoms with Gasteiger partial charge in [-0.05, 0) is 86.4 Å². The van der Waals surface area contributed by atoms with Crippen LogP contribution in [0.5, 0.6) is 5.75 Å². The lowest BCUT2D eigenvalue weighted by Gasteiger charge is -2.22. The Labute approximate surface area is 178 Å². The van der Waals surface area contributed by atoms with Crippen molar-refractivity contribution in [1.29, 1.82) is 0 Å². The molecule has 0 radical (unpaired) electrons. The van der Waals surface area contributed by atoms with Gasteiger partial charge in [0.05, 0.1) is 0 Å². The summed E-state index contributed by atoms with van der Waals surface area (Å²) in [5, 5.41) is 2.98. The fourth-order valence-electron chi connectivity index (χ4n) is 4.37. The molecule has 2 aromatic rings. The molecule has 1 aliphatic heterocycles. The van der Waals surface area contributed by atoms with Gasteiger partial charge in [0, 0.05) is 24.3 Å². The lowest BCUT2D eigenvalue weighted by atomic mass is 9.92. The zero-order valence-corrected chi connectivity index (χ0v) is 17.9. The Bertz CT molecular complexity index is 953. The van der Waals surface area contributed by atoms with E-state index in [1.165, 1.54) is 24.0 Å². The number of hydrogen-bond donors (Lipinski definition) is 1. The first kappa shape index (κ1) is 20.5. The number of anilines is 2. The van der Waals surface area contributed by atoms with Crippen LogP contribution in [0, 0.1) is 6.92 Å². The van der Waals surface area contributed by atoms with E-state index < -0.39 is 6.10 Å². The lowest BCUT2D eigenvalue weighted by molar-refractivity contribution is -0.122. The topological polar surface area (TPSA) is 58.6 Å². The Morgan fingerprint density at radius 2 is 1.87 bits per heavy atom. The van der Waals surface area contributed by atoms with Crippen LogP contribution in [0.15, 0.2) is 36.4 Å². The number of carbonyl (C=O) groups excluding carboxylic acids is 2. The molecule has 2 amide bonds. The molecule has 1 unspecified atom stereocenters. The van der Waals surface area contributed by atoms with E-state index in [-0.39, 0.29) is 11.8 Å².